The zero-order valence-electron chi connectivity index (χ0n) is 7.19. The lowest BCUT2D eigenvalue weighted by molar-refractivity contribution is 0.195. The van der Waals surface area contributed by atoms with Crippen LogP contribution in [-0.4, -0.2) is 6.10 Å². The van der Waals surface area contributed by atoms with Crippen molar-refractivity contribution in [3.63, 3.8) is 0 Å². The first-order valence-corrected chi connectivity index (χ1v) is 3.90. The fraction of sp³-hybridized carbons (Fsp3) is 0.556. The maximum Gasteiger partial charge on any atom is 0.157 e. The Labute approximate surface area is 67.6 Å². The van der Waals surface area contributed by atoms with Crippen molar-refractivity contribution < 1.29 is 9.13 Å². The van der Waals surface area contributed by atoms with Gasteiger partial charge < -0.3 is 4.74 Å². The van der Waals surface area contributed by atoms with Crippen LogP contribution >= 0.6 is 0 Å². The van der Waals surface area contributed by atoms with Gasteiger partial charge >= 0.3 is 0 Å². The van der Waals surface area contributed by atoms with Gasteiger partial charge in [0.25, 0.3) is 0 Å². The quantitative estimate of drug-likeness (QED) is 0.452. The molecule has 0 aromatic heterocycles. The number of hydrogen-bond donors (Lipinski definition) is 0. The van der Waals surface area contributed by atoms with Crippen LogP contribution in [0.4, 0.5) is 4.39 Å². The van der Waals surface area contributed by atoms with Crippen molar-refractivity contribution in [1.82, 2.24) is 0 Å². The summed E-state index contributed by atoms with van der Waals surface area (Å²) < 4.78 is 17.0. The van der Waals surface area contributed by atoms with E-state index in [1.807, 2.05) is 13.8 Å². The third-order valence-electron chi connectivity index (χ3n) is 1.14. The highest BCUT2D eigenvalue weighted by atomic mass is 19.1. The fourth-order valence-corrected chi connectivity index (χ4v) is 0.451. The normalized spacial score (nSPS) is 14.5. The second-order valence-electron chi connectivity index (χ2n) is 2.15. The van der Waals surface area contributed by atoms with E-state index < -0.39 is 5.83 Å². The van der Waals surface area contributed by atoms with Gasteiger partial charge in [-0.2, -0.15) is 0 Å². The Bertz CT molecular complexity index is 148. The summed E-state index contributed by atoms with van der Waals surface area (Å²) in [6.07, 6.45) is 2.25. The largest absolute Gasteiger partial charge is 0.488 e. The van der Waals surface area contributed by atoms with Gasteiger partial charge in [-0.3, -0.25) is 0 Å². The number of allylic oxidation sites excluding steroid dienone is 1. The molecule has 0 aliphatic heterocycles. The van der Waals surface area contributed by atoms with E-state index in [1.165, 1.54) is 0 Å². The van der Waals surface area contributed by atoms with Crippen LogP contribution in [0.5, 0.6) is 0 Å². The number of rotatable bonds is 3. The van der Waals surface area contributed by atoms with Crippen LogP contribution in [0, 0.1) is 0 Å². The van der Waals surface area contributed by atoms with Gasteiger partial charge in [-0.1, -0.05) is 27.0 Å². The van der Waals surface area contributed by atoms with Crippen molar-refractivity contribution in [3.8, 4) is 0 Å². The van der Waals surface area contributed by atoms with E-state index in [2.05, 4.69) is 13.2 Å². The third kappa shape index (κ3) is 4.59. The molecule has 0 aromatic carbocycles. The molecule has 0 saturated heterocycles. The first kappa shape index (κ1) is 10.2. The summed E-state index contributed by atoms with van der Waals surface area (Å²) >= 11 is 0. The average Bonchev–Trinajstić information content (AvgIpc) is 2.76. The molecule has 0 bridgehead atoms. The maximum atomic E-state index is 12.1. The molecule has 1 saturated carbocycles. The van der Waals surface area contributed by atoms with E-state index in [4.69, 9.17) is 4.74 Å². The lowest BCUT2D eigenvalue weighted by atomic mass is 10.5. The Morgan fingerprint density at radius 2 is 1.82 bits per heavy atom. The van der Waals surface area contributed by atoms with Crippen LogP contribution in [0.2, 0.25) is 0 Å². The van der Waals surface area contributed by atoms with Gasteiger partial charge in [0.05, 0.1) is 6.10 Å². The SMILES string of the molecule is C=C(F)C(=C)OC1CC1.CC. The molecule has 0 atom stereocenters. The van der Waals surface area contributed by atoms with E-state index in [9.17, 15) is 4.39 Å². The molecule has 0 aromatic rings. The Morgan fingerprint density at radius 1 is 1.36 bits per heavy atom. The molecule has 1 nitrogen and oxygen atoms in total. The Kier molecular flexibility index (Phi) is 4.59. The molecule has 0 spiro atoms. The first-order valence-electron chi connectivity index (χ1n) is 3.90. The minimum atomic E-state index is -0.568. The van der Waals surface area contributed by atoms with Crippen LogP contribution in [0.15, 0.2) is 24.7 Å². The number of ether oxygens (including phenoxy) is 1. The van der Waals surface area contributed by atoms with Crippen molar-refractivity contribution in [2.45, 2.75) is 32.8 Å². The van der Waals surface area contributed by atoms with Gasteiger partial charge in [-0.25, -0.2) is 4.39 Å². The molecule has 11 heavy (non-hydrogen) atoms. The smallest absolute Gasteiger partial charge is 0.157 e. The predicted octanol–water partition coefficient (Wildman–Crippen LogP) is 3.19. The van der Waals surface area contributed by atoms with Crippen LogP contribution in [0.3, 0.4) is 0 Å². The summed E-state index contributed by atoms with van der Waals surface area (Å²) in [5.74, 6) is -0.487. The first-order chi connectivity index (χ1) is 5.20. The molecule has 0 heterocycles. The lowest BCUT2D eigenvalue weighted by Gasteiger charge is -2.02. The summed E-state index contributed by atoms with van der Waals surface area (Å²) in [4.78, 5) is 0. The highest BCUT2D eigenvalue weighted by Crippen LogP contribution is 2.27. The van der Waals surface area contributed by atoms with Crippen molar-refractivity contribution in [2.24, 2.45) is 0 Å². The molecule has 0 radical (unpaired) electrons. The minimum absolute atomic E-state index is 0.0810. The van der Waals surface area contributed by atoms with Gasteiger partial charge in [0, 0.05) is 0 Å². The molecule has 1 aliphatic carbocycles. The molecular weight excluding hydrogens is 143 g/mol. The molecule has 1 fully saturated rings. The van der Waals surface area contributed by atoms with Crippen LogP contribution in [-0.2, 0) is 4.74 Å². The summed E-state index contributed by atoms with van der Waals surface area (Å²) in [5, 5.41) is 0. The Hall–Kier alpha value is -0.790. The molecule has 1 aliphatic rings. The minimum Gasteiger partial charge on any atom is -0.488 e. The van der Waals surface area contributed by atoms with Crippen molar-refractivity contribution in [2.75, 3.05) is 0 Å². The highest BCUT2D eigenvalue weighted by molar-refractivity contribution is 5.11. The maximum absolute atomic E-state index is 12.1. The standard InChI is InChI=1S/C7H9FO.C2H6/c1-5(8)6(2)9-7-3-4-7;1-2/h7H,1-4H2;1-2H3. The molecule has 0 amide bonds. The second kappa shape index (κ2) is 4.94. The molecular formula is C9H15FO. The van der Waals surface area contributed by atoms with E-state index >= 15 is 0 Å². The Balaban J connectivity index is 0.000000461. The predicted molar refractivity (Wildman–Crippen MR) is 44.8 cm³/mol. The zero-order valence-corrected chi connectivity index (χ0v) is 7.19. The zero-order chi connectivity index (χ0) is 8.85. The summed E-state index contributed by atoms with van der Waals surface area (Å²) in [6.45, 7) is 10.4. The highest BCUT2D eigenvalue weighted by Gasteiger charge is 2.24. The van der Waals surface area contributed by atoms with E-state index in [0.29, 0.717) is 0 Å². The summed E-state index contributed by atoms with van der Waals surface area (Å²) in [7, 11) is 0. The lowest BCUT2D eigenvalue weighted by Crippen LogP contribution is -1.91. The monoisotopic (exact) mass is 158 g/mol. The molecule has 0 unspecified atom stereocenters. The number of halogens is 1. The van der Waals surface area contributed by atoms with Crippen LogP contribution in [0.1, 0.15) is 26.7 Å². The second-order valence-corrected chi connectivity index (χ2v) is 2.15. The topological polar surface area (TPSA) is 9.23 Å². The molecule has 64 valence electrons. The molecule has 2 heteroatoms. The van der Waals surface area contributed by atoms with E-state index in [1.54, 1.807) is 0 Å². The fourth-order valence-electron chi connectivity index (χ4n) is 0.451. The van der Waals surface area contributed by atoms with Crippen molar-refractivity contribution in [3.05, 3.63) is 24.7 Å². The van der Waals surface area contributed by atoms with Gasteiger partial charge in [0.1, 0.15) is 5.76 Å². The van der Waals surface area contributed by atoms with Gasteiger partial charge in [0.15, 0.2) is 5.83 Å². The van der Waals surface area contributed by atoms with Gasteiger partial charge in [0.2, 0.25) is 0 Å². The summed E-state index contributed by atoms with van der Waals surface area (Å²) in [6, 6.07) is 0. The van der Waals surface area contributed by atoms with E-state index in [0.717, 1.165) is 12.8 Å². The van der Waals surface area contributed by atoms with Crippen molar-refractivity contribution >= 4 is 0 Å². The molecule has 0 N–H and O–H groups in total. The Morgan fingerprint density at radius 3 is 2.09 bits per heavy atom. The van der Waals surface area contributed by atoms with Crippen LogP contribution < -0.4 is 0 Å². The van der Waals surface area contributed by atoms with Crippen LogP contribution in [0.25, 0.3) is 0 Å². The average molecular weight is 158 g/mol. The van der Waals surface area contributed by atoms with Gasteiger partial charge in [-0.05, 0) is 12.8 Å². The van der Waals surface area contributed by atoms with Crippen molar-refractivity contribution in [1.29, 1.82) is 0 Å². The van der Waals surface area contributed by atoms with E-state index in [-0.39, 0.29) is 11.9 Å². The summed E-state index contributed by atoms with van der Waals surface area (Å²) in [5.41, 5.74) is 0. The molecule has 1 rings (SSSR count). The number of hydrogen-bond acceptors (Lipinski definition) is 1. The third-order valence-corrected chi connectivity index (χ3v) is 1.14. The van der Waals surface area contributed by atoms with Gasteiger partial charge in [-0.15, -0.1) is 0 Å².